The Labute approximate surface area is 160 Å². The third kappa shape index (κ3) is 5.56. The first-order chi connectivity index (χ1) is 12.6. The number of anilines is 1. The number of halogens is 1. The summed E-state index contributed by atoms with van der Waals surface area (Å²) in [7, 11) is 0. The van der Waals surface area contributed by atoms with Gasteiger partial charge < -0.3 is 5.32 Å². The molecule has 26 heavy (non-hydrogen) atoms. The van der Waals surface area contributed by atoms with E-state index in [4.69, 9.17) is 11.6 Å². The molecule has 0 saturated carbocycles. The molecule has 0 unspecified atom stereocenters. The normalized spacial score (nSPS) is 16.2. The van der Waals surface area contributed by atoms with Gasteiger partial charge in [-0.3, -0.25) is 14.6 Å². The second-order valence-electron chi connectivity index (χ2n) is 6.90. The van der Waals surface area contributed by atoms with Crippen molar-refractivity contribution in [3.63, 3.8) is 0 Å². The zero-order chi connectivity index (χ0) is 18.4. The Bertz CT molecular complexity index is 735. The molecule has 0 aromatic heterocycles. The number of amides is 1. The summed E-state index contributed by atoms with van der Waals surface area (Å²) in [6.45, 7) is 7.29. The number of nitrogens with one attached hydrogen (secondary N) is 1. The predicted molar refractivity (Wildman–Crippen MR) is 108 cm³/mol. The van der Waals surface area contributed by atoms with Gasteiger partial charge in [0, 0.05) is 30.3 Å². The van der Waals surface area contributed by atoms with Crippen LogP contribution in [-0.4, -0.2) is 48.4 Å². The van der Waals surface area contributed by atoms with Crippen molar-refractivity contribution in [1.29, 1.82) is 0 Å². The van der Waals surface area contributed by atoms with Crippen molar-refractivity contribution in [2.75, 3.05) is 38.0 Å². The van der Waals surface area contributed by atoms with E-state index in [0.717, 1.165) is 50.4 Å². The zero-order valence-corrected chi connectivity index (χ0v) is 16.0. The van der Waals surface area contributed by atoms with Gasteiger partial charge in [-0.2, -0.15) is 0 Å². The highest BCUT2D eigenvalue weighted by Crippen LogP contribution is 2.20. The maximum absolute atomic E-state index is 12.4. The second kappa shape index (κ2) is 9.17. The van der Waals surface area contributed by atoms with E-state index in [9.17, 15) is 4.79 Å². The highest BCUT2D eigenvalue weighted by molar-refractivity contribution is 6.31. The molecule has 138 valence electrons. The Morgan fingerprint density at radius 3 is 2.58 bits per heavy atom. The lowest BCUT2D eigenvalue weighted by atomic mass is 10.2. The molecule has 0 aliphatic carbocycles. The molecule has 1 N–H and O–H groups in total. The number of carbonyl (C=O) groups excluding carboxylic acids is 1. The van der Waals surface area contributed by atoms with Gasteiger partial charge in [0.2, 0.25) is 5.91 Å². The van der Waals surface area contributed by atoms with Crippen LogP contribution in [0.1, 0.15) is 17.5 Å². The first-order valence-corrected chi connectivity index (χ1v) is 9.52. The van der Waals surface area contributed by atoms with Gasteiger partial charge in [-0.1, -0.05) is 48.0 Å². The zero-order valence-electron chi connectivity index (χ0n) is 15.2. The molecule has 5 heteroatoms. The fraction of sp³-hybridized carbons (Fsp3) is 0.381. The van der Waals surface area contributed by atoms with E-state index < -0.39 is 0 Å². The third-order valence-corrected chi connectivity index (χ3v) is 5.01. The lowest BCUT2D eigenvalue weighted by Crippen LogP contribution is -2.36. The van der Waals surface area contributed by atoms with Crippen molar-refractivity contribution in [2.24, 2.45) is 0 Å². The van der Waals surface area contributed by atoms with Crippen LogP contribution >= 0.6 is 11.6 Å². The molecule has 0 bridgehead atoms. The van der Waals surface area contributed by atoms with Crippen LogP contribution in [-0.2, 0) is 11.3 Å². The van der Waals surface area contributed by atoms with Crippen molar-refractivity contribution >= 4 is 23.2 Å². The van der Waals surface area contributed by atoms with Gasteiger partial charge in [-0.05, 0) is 49.7 Å². The number of carbonyl (C=O) groups is 1. The van der Waals surface area contributed by atoms with E-state index in [1.54, 1.807) is 6.07 Å². The van der Waals surface area contributed by atoms with Crippen molar-refractivity contribution in [3.05, 3.63) is 64.7 Å². The Hall–Kier alpha value is -1.88. The van der Waals surface area contributed by atoms with Gasteiger partial charge in [0.05, 0.1) is 6.54 Å². The monoisotopic (exact) mass is 371 g/mol. The molecule has 0 spiro atoms. The standard InChI is InChI=1S/C21H26ClN3O/c1-17-8-9-19(22)14-20(17)23-21(26)16-25-11-5-10-24(12-13-25)15-18-6-3-2-4-7-18/h2-4,6-9,14H,5,10-13,15-16H2,1H3,(H,23,26). The largest absolute Gasteiger partial charge is 0.325 e. The van der Waals surface area contributed by atoms with E-state index in [1.807, 2.05) is 25.1 Å². The number of hydrogen-bond donors (Lipinski definition) is 1. The van der Waals surface area contributed by atoms with Crippen LogP contribution in [0.25, 0.3) is 0 Å². The highest BCUT2D eigenvalue weighted by atomic mass is 35.5. The molecule has 0 atom stereocenters. The lowest BCUT2D eigenvalue weighted by molar-refractivity contribution is -0.117. The second-order valence-corrected chi connectivity index (χ2v) is 7.34. The Morgan fingerprint density at radius 1 is 1.04 bits per heavy atom. The fourth-order valence-electron chi connectivity index (χ4n) is 3.30. The van der Waals surface area contributed by atoms with Crippen LogP contribution in [0, 0.1) is 6.92 Å². The average Bonchev–Trinajstić information content (AvgIpc) is 2.84. The molecular weight excluding hydrogens is 346 g/mol. The van der Waals surface area contributed by atoms with Gasteiger partial charge >= 0.3 is 0 Å². The van der Waals surface area contributed by atoms with Gasteiger partial charge in [0.15, 0.2) is 0 Å². The maximum atomic E-state index is 12.4. The SMILES string of the molecule is Cc1ccc(Cl)cc1NC(=O)CN1CCCN(Cc2ccccc2)CC1. The van der Waals surface area contributed by atoms with E-state index in [0.29, 0.717) is 11.6 Å². The summed E-state index contributed by atoms with van der Waals surface area (Å²) < 4.78 is 0. The molecule has 2 aromatic rings. The van der Waals surface area contributed by atoms with Crippen LogP contribution < -0.4 is 5.32 Å². The van der Waals surface area contributed by atoms with Crippen LogP contribution in [0.15, 0.2) is 48.5 Å². The van der Waals surface area contributed by atoms with Crippen molar-refractivity contribution in [3.8, 4) is 0 Å². The van der Waals surface area contributed by atoms with Crippen LogP contribution in [0.4, 0.5) is 5.69 Å². The number of aryl methyl sites for hydroxylation is 1. The van der Waals surface area contributed by atoms with Gasteiger partial charge in [0.1, 0.15) is 0 Å². The van der Waals surface area contributed by atoms with Crippen LogP contribution in [0.5, 0.6) is 0 Å². The summed E-state index contributed by atoms with van der Waals surface area (Å²) in [6.07, 6.45) is 1.08. The molecule has 2 aromatic carbocycles. The minimum absolute atomic E-state index is 0.0203. The van der Waals surface area contributed by atoms with Gasteiger partial charge in [-0.25, -0.2) is 0 Å². The Kier molecular flexibility index (Phi) is 6.67. The minimum Gasteiger partial charge on any atom is -0.325 e. The van der Waals surface area contributed by atoms with E-state index >= 15 is 0 Å². The van der Waals surface area contributed by atoms with E-state index in [2.05, 4.69) is 39.4 Å². The van der Waals surface area contributed by atoms with Crippen LogP contribution in [0.2, 0.25) is 5.02 Å². The molecule has 0 radical (unpaired) electrons. The van der Waals surface area contributed by atoms with Gasteiger partial charge in [-0.15, -0.1) is 0 Å². The molecule has 4 nitrogen and oxygen atoms in total. The molecular formula is C21H26ClN3O. The summed E-state index contributed by atoms with van der Waals surface area (Å²) in [5.74, 6) is 0.0203. The summed E-state index contributed by atoms with van der Waals surface area (Å²) in [5.41, 5.74) is 3.16. The number of rotatable bonds is 5. The lowest BCUT2D eigenvalue weighted by Gasteiger charge is -2.21. The quantitative estimate of drug-likeness (QED) is 0.868. The predicted octanol–water partition coefficient (Wildman–Crippen LogP) is 3.79. The molecule has 1 aliphatic rings. The van der Waals surface area contributed by atoms with E-state index in [-0.39, 0.29) is 5.91 Å². The molecule has 3 rings (SSSR count). The number of nitrogens with zero attached hydrogens (tertiary/aromatic N) is 2. The molecule has 1 aliphatic heterocycles. The van der Waals surface area contributed by atoms with Crippen LogP contribution in [0.3, 0.4) is 0 Å². The van der Waals surface area contributed by atoms with Crippen molar-refractivity contribution in [2.45, 2.75) is 19.9 Å². The first-order valence-electron chi connectivity index (χ1n) is 9.15. The number of benzene rings is 2. The summed E-state index contributed by atoms with van der Waals surface area (Å²) >= 11 is 6.03. The minimum atomic E-state index is 0.0203. The Morgan fingerprint density at radius 2 is 1.77 bits per heavy atom. The first kappa shape index (κ1) is 18.9. The molecule has 1 saturated heterocycles. The summed E-state index contributed by atoms with van der Waals surface area (Å²) in [4.78, 5) is 17.1. The molecule has 1 heterocycles. The fourth-order valence-corrected chi connectivity index (χ4v) is 3.48. The van der Waals surface area contributed by atoms with Gasteiger partial charge in [0.25, 0.3) is 0 Å². The average molecular weight is 372 g/mol. The highest BCUT2D eigenvalue weighted by Gasteiger charge is 2.17. The summed E-state index contributed by atoms with van der Waals surface area (Å²) in [6, 6.07) is 16.1. The van der Waals surface area contributed by atoms with Crippen molar-refractivity contribution in [1.82, 2.24) is 9.80 Å². The topological polar surface area (TPSA) is 35.6 Å². The Balaban J connectivity index is 1.49. The number of hydrogen-bond acceptors (Lipinski definition) is 3. The van der Waals surface area contributed by atoms with Crippen molar-refractivity contribution < 1.29 is 4.79 Å². The molecule has 1 fully saturated rings. The smallest absolute Gasteiger partial charge is 0.238 e. The molecule has 1 amide bonds. The van der Waals surface area contributed by atoms with E-state index in [1.165, 1.54) is 5.56 Å². The summed E-state index contributed by atoms with van der Waals surface area (Å²) in [5, 5.41) is 3.63. The maximum Gasteiger partial charge on any atom is 0.238 e. The third-order valence-electron chi connectivity index (χ3n) is 4.77.